The van der Waals surface area contributed by atoms with Crippen molar-refractivity contribution in [3.05, 3.63) is 35.4 Å². The fourth-order valence-corrected chi connectivity index (χ4v) is 2.79. The highest BCUT2D eigenvalue weighted by Crippen LogP contribution is 2.21. The van der Waals surface area contributed by atoms with Crippen LogP contribution < -0.4 is 5.32 Å². The summed E-state index contributed by atoms with van der Waals surface area (Å²) in [4.78, 5) is 36.6. The van der Waals surface area contributed by atoms with Gasteiger partial charge in [0.25, 0.3) is 0 Å². The van der Waals surface area contributed by atoms with Gasteiger partial charge in [0.15, 0.2) is 0 Å². The molecule has 1 aromatic rings. The average molecular weight is 332 g/mol. The first-order valence-electron chi connectivity index (χ1n) is 8.20. The van der Waals surface area contributed by atoms with E-state index in [1.165, 1.54) is 5.56 Å². The summed E-state index contributed by atoms with van der Waals surface area (Å²) in [6, 6.07) is 7.78. The number of carboxylic acids is 1. The normalized spacial score (nSPS) is 18.5. The number of likely N-dealkylation sites (tertiary alicyclic amines) is 1. The van der Waals surface area contributed by atoms with E-state index in [0.29, 0.717) is 19.5 Å². The Morgan fingerprint density at radius 2 is 2.00 bits per heavy atom. The molecule has 2 atom stereocenters. The van der Waals surface area contributed by atoms with E-state index in [0.717, 1.165) is 5.56 Å². The number of carboxylic acid groups (broad SMARTS) is 1. The highest BCUT2D eigenvalue weighted by molar-refractivity contribution is 5.89. The molecule has 0 radical (unpaired) electrons. The molecule has 2 N–H and O–H groups in total. The van der Waals surface area contributed by atoms with Crippen LogP contribution in [-0.4, -0.2) is 40.4 Å². The van der Waals surface area contributed by atoms with Gasteiger partial charge in [0, 0.05) is 32.0 Å². The molecule has 130 valence electrons. The standard InChI is InChI=1S/C18H24N2O4/c1-12-3-6-14(7-4-12)10-20-11-15(9-16(20)21)18(24)19-13(2)5-8-17(22)23/h3-4,6-7,13,15H,5,8-11H2,1-2H3,(H,19,24)(H,22,23). The largest absolute Gasteiger partial charge is 0.481 e. The van der Waals surface area contributed by atoms with Gasteiger partial charge in [0.2, 0.25) is 11.8 Å². The number of hydrogen-bond donors (Lipinski definition) is 2. The third-order valence-electron chi connectivity index (χ3n) is 4.26. The molecule has 0 bridgehead atoms. The second-order valence-electron chi connectivity index (χ2n) is 6.50. The van der Waals surface area contributed by atoms with Crippen molar-refractivity contribution in [2.75, 3.05) is 6.54 Å². The smallest absolute Gasteiger partial charge is 0.303 e. The van der Waals surface area contributed by atoms with Crippen molar-refractivity contribution in [1.29, 1.82) is 0 Å². The van der Waals surface area contributed by atoms with Crippen molar-refractivity contribution in [3.8, 4) is 0 Å². The van der Waals surface area contributed by atoms with Crippen LogP contribution in [0.2, 0.25) is 0 Å². The van der Waals surface area contributed by atoms with Crippen molar-refractivity contribution in [2.24, 2.45) is 5.92 Å². The molecular weight excluding hydrogens is 308 g/mol. The first kappa shape index (κ1) is 18.0. The molecule has 0 saturated carbocycles. The number of nitrogens with zero attached hydrogens (tertiary/aromatic N) is 1. The van der Waals surface area contributed by atoms with Gasteiger partial charge in [-0.15, -0.1) is 0 Å². The van der Waals surface area contributed by atoms with Crippen LogP contribution in [-0.2, 0) is 20.9 Å². The Labute approximate surface area is 141 Å². The number of rotatable bonds is 7. The summed E-state index contributed by atoms with van der Waals surface area (Å²) in [6.45, 7) is 4.71. The quantitative estimate of drug-likeness (QED) is 0.796. The zero-order valence-electron chi connectivity index (χ0n) is 14.1. The summed E-state index contributed by atoms with van der Waals surface area (Å²) in [5.41, 5.74) is 2.21. The van der Waals surface area contributed by atoms with Crippen LogP contribution in [0.4, 0.5) is 0 Å². The molecule has 1 saturated heterocycles. The van der Waals surface area contributed by atoms with Crippen molar-refractivity contribution in [3.63, 3.8) is 0 Å². The van der Waals surface area contributed by atoms with Crippen LogP contribution in [0.3, 0.4) is 0 Å². The summed E-state index contributed by atoms with van der Waals surface area (Å²) >= 11 is 0. The second-order valence-corrected chi connectivity index (χ2v) is 6.50. The third kappa shape index (κ3) is 5.08. The number of hydrogen-bond acceptors (Lipinski definition) is 3. The molecule has 1 aliphatic heterocycles. The molecule has 0 aromatic heterocycles. The van der Waals surface area contributed by atoms with E-state index < -0.39 is 5.97 Å². The number of aryl methyl sites for hydroxylation is 1. The Balaban J connectivity index is 1.85. The number of aliphatic carboxylic acids is 1. The van der Waals surface area contributed by atoms with Crippen molar-refractivity contribution < 1.29 is 19.5 Å². The number of amides is 2. The summed E-state index contributed by atoms with van der Waals surface area (Å²) in [5.74, 6) is -1.44. The van der Waals surface area contributed by atoms with E-state index in [9.17, 15) is 14.4 Å². The Bertz CT molecular complexity index is 612. The molecule has 0 spiro atoms. The van der Waals surface area contributed by atoms with E-state index in [4.69, 9.17) is 5.11 Å². The fourth-order valence-electron chi connectivity index (χ4n) is 2.79. The lowest BCUT2D eigenvalue weighted by Crippen LogP contribution is -2.38. The van der Waals surface area contributed by atoms with Gasteiger partial charge in [-0.2, -0.15) is 0 Å². The van der Waals surface area contributed by atoms with E-state index in [1.54, 1.807) is 11.8 Å². The number of carbonyl (C=O) groups is 3. The van der Waals surface area contributed by atoms with Gasteiger partial charge in [0.1, 0.15) is 0 Å². The highest BCUT2D eigenvalue weighted by atomic mass is 16.4. The van der Waals surface area contributed by atoms with Crippen molar-refractivity contribution >= 4 is 17.8 Å². The molecule has 1 aromatic carbocycles. The Morgan fingerprint density at radius 1 is 1.33 bits per heavy atom. The molecule has 2 rings (SSSR count). The van der Waals surface area contributed by atoms with Gasteiger partial charge in [-0.3, -0.25) is 14.4 Å². The molecule has 1 aliphatic rings. The molecule has 0 aliphatic carbocycles. The SMILES string of the molecule is Cc1ccc(CN2CC(C(=O)NC(C)CCC(=O)O)CC2=O)cc1. The summed E-state index contributed by atoms with van der Waals surface area (Å²) in [5, 5.41) is 11.5. The van der Waals surface area contributed by atoms with Gasteiger partial charge in [-0.25, -0.2) is 0 Å². The first-order valence-corrected chi connectivity index (χ1v) is 8.20. The molecule has 1 fully saturated rings. The molecule has 2 unspecified atom stereocenters. The van der Waals surface area contributed by atoms with E-state index in [1.807, 2.05) is 31.2 Å². The van der Waals surface area contributed by atoms with Crippen LogP contribution in [0, 0.1) is 12.8 Å². The zero-order chi connectivity index (χ0) is 17.7. The molecule has 2 amide bonds. The van der Waals surface area contributed by atoms with Crippen LogP contribution in [0.25, 0.3) is 0 Å². The molecule has 24 heavy (non-hydrogen) atoms. The highest BCUT2D eigenvalue weighted by Gasteiger charge is 2.34. The lowest BCUT2D eigenvalue weighted by Gasteiger charge is -2.18. The Hall–Kier alpha value is -2.37. The van der Waals surface area contributed by atoms with Crippen LogP contribution in [0.1, 0.15) is 37.3 Å². The van der Waals surface area contributed by atoms with Crippen LogP contribution in [0.5, 0.6) is 0 Å². The Kier molecular flexibility index (Phi) is 5.95. The van der Waals surface area contributed by atoms with Gasteiger partial charge >= 0.3 is 5.97 Å². The van der Waals surface area contributed by atoms with E-state index in [-0.39, 0.29) is 36.6 Å². The van der Waals surface area contributed by atoms with Gasteiger partial charge in [0.05, 0.1) is 5.92 Å². The average Bonchev–Trinajstić information content (AvgIpc) is 2.89. The third-order valence-corrected chi connectivity index (χ3v) is 4.26. The van der Waals surface area contributed by atoms with Gasteiger partial charge < -0.3 is 15.3 Å². The maximum absolute atomic E-state index is 12.3. The Morgan fingerprint density at radius 3 is 2.62 bits per heavy atom. The minimum absolute atomic E-state index is 0.0184. The second kappa shape index (κ2) is 7.95. The summed E-state index contributed by atoms with van der Waals surface area (Å²) < 4.78 is 0. The van der Waals surface area contributed by atoms with Gasteiger partial charge in [-0.05, 0) is 25.8 Å². The first-order chi connectivity index (χ1) is 11.3. The lowest BCUT2D eigenvalue weighted by molar-refractivity contribution is -0.137. The lowest BCUT2D eigenvalue weighted by atomic mass is 10.1. The molecule has 6 nitrogen and oxygen atoms in total. The van der Waals surface area contributed by atoms with Crippen molar-refractivity contribution in [1.82, 2.24) is 10.2 Å². The van der Waals surface area contributed by atoms with Crippen LogP contribution >= 0.6 is 0 Å². The maximum Gasteiger partial charge on any atom is 0.303 e. The minimum atomic E-state index is -0.878. The van der Waals surface area contributed by atoms with Crippen molar-refractivity contribution in [2.45, 2.75) is 45.7 Å². The molecule has 1 heterocycles. The van der Waals surface area contributed by atoms with Gasteiger partial charge in [-0.1, -0.05) is 29.8 Å². The number of benzene rings is 1. The predicted octanol–water partition coefficient (Wildman–Crippen LogP) is 1.71. The maximum atomic E-state index is 12.3. The predicted molar refractivity (Wildman–Crippen MR) is 89.2 cm³/mol. The topological polar surface area (TPSA) is 86.7 Å². The monoisotopic (exact) mass is 332 g/mol. The molecular formula is C18H24N2O4. The summed E-state index contributed by atoms with van der Waals surface area (Å²) in [7, 11) is 0. The fraction of sp³-hybridized carbons (Fsp3) is 0.500. The van der Waals surface area contributed by atoms with E-state index in [2.05, 4.69) is 5.32 Å². The zero-order valence-corrected chi connectivity index (χ0v) is 14.1. The van der Waals surface area contributed by atoms with Crippen LogP contribution in [0.15, 0.2) is 24.3 Å². The van der Waals surface area contributed by atoms with E-state index >= 15 is 0 Å². The number of carbonyl (C=O) groups excluding carboxylic acids is 2. The summed E-state index contributed by atoms with van der Waals surface area (Å²) in [6.07, 6.45) is 0.614. The number of nitrogens with one attached hydrogen (secondary N) is 1. The molecule has 6 heteroatoms. The minimum Gasteiger partial charge on any atom is -0.481 e.